The summed E-state index contributed by atoms with van der Waals surface area (Å²) in [5.74, 6) is -0.410. The van der Waals surface area contributed by atoms with E-state index in [2.05, 4.69) is 10.3 Å². The molecule has 35 heavy (non-hydrogen) atoms. The minimum atomic E-state index is -2.50. The van der Waals surface area contributed by atoms with Crippen molar-refractivity contribution in [3.8, 4) is 0 Å². The van der Waals surface area contributed by atoms with Gasteiger partial charge in [-0.1, -0.05) is 48.0 Å². The molecule has 3 aromatic carbocycles. The molecule has 2 heterocycles. The van der Waals surface area contributed by atoms with E-state index in [1.165, 1.54) is 30.5 Å². The number of carbonyl (C=O) groups is 1. The number of aromatic nitrogens is 1. The van der Waals surface area contributed by atoms with Crippen molar-refractivity contribution in [1.29, 1.82) is 0 Å². The Bertz CT molecular complexity index is 1690. The first-order chi connectivity index (χ1) is 16.9. The predicted octanol–water partition coefficient (Wildman–Crippen LogP) is 5.52. The van der Waals surface area contributed by atoms with E-state index in [9.17, 15) is 18.4 Å². The molecule has 0 radical (unpaired) electrons. The van der Waals surface area contributed by atoms with E-state index in [0.29, 0.717) is 27.2 Å². The number of hydrogen-bond acceptors (Lipinski definition) is 5. The third kappa shape index (κ3) is 4.52. The number of benzene rings is 3. The van der Waals surface area contributed by atoms with Crippen LogP contribution in [0.15, 0.2) is 94.3 Å². The molecule has 0 aliphatic carbocycles. The molecule has 5 rings (SSSR count). The second-order valence-electron chi connectivity index (χ2n) is 7.51. The molecule has 1 unspecified atom stereocenters. The summed E-state index contributed by atoms with van der Waals surface area (Å²) in [5, 5.41) is 5.19. The average Bonchev–Trinajstić information content (AvgIpc) is 2.83. The predicted molar refractivity (Wildman–Crippen MR) is 137 cm³/mol. The number of nitrogens with one attached hydrogen (secondary N) is 1. The molecule has 2 N–H and O–H groups in total. The van der Waals surface area contributed by atoms with Crippen LogP contribution in [0.4, 0.5) is 17.2 Å². The summed E-state index contributed by atoms with van der Waals surface area (Å²) in [6.07, 6.45) is 1.40. The van der Waals surface area contributed by atoms with Gasteiger partial charge in [0, 0.05) is 39.8 Å². The monoisotopic (exact) mass is 505 g/mol. The Labute approximate surface area is 206 Å². The maximum absolute atomic E-state index is 13.0. The summed E-state index contributed by atoms with van der Waals surface area (Å²) in [7, 11) is 0. The van der Waals surface area contributed by atoms with Crippen LogP contribution < -0.4 is 15.2 Å². The molecule has 8 nitrogen and oxygen atoms in total. The van der Waals surface area contributed by atoms with Gasteiger partial charge in [0.15, 0.2) is 5.58 Å². The number of pyridine rings is 1. The molecule has 2 aromatic heterocycles. The standard InChI is InChI=1S/C25H16ClN3O5S/c26-17-12-16-4-1-2-6-19(16)21(13-17)29(35(32)33)22-14-18(10-11-27-22)28-25(31)20-7-3-5-15-8-9-23(30)34-24(15)20/h1-14H,(H,32,33)(H,27,28,31). The van der Waals surface area contributed by atoms with Crippen LogP contribution in [-0.4, -0.2) is 19.7 Å². The average molecular weight is 506 g/mol. The lowest BCUT2D eigenvalue weighted by Crippen LogP contribution is -2.21. The van der Waals surface area contributed by atoms with Crippen LogP contribution in [0.5, 0.6) is 0 Å². The maximum Gasteiger partial charge on any atom is 0.336 e. The first-order valence-corrected chi connectivity index (χ1v) is 11.7. The Hall–Kier alpha value is -4.05. The molecular formula is C25H16ClN3O5S. The van der Waals surface area contributed by atoms with E-state index in [4.69, 9.17) is 16.0 Å². The van der Waals surface area contributed by atoms with Crippen molar-refractivity contribution in [1.82, 2.24) is 4.98 Å². The molecule has 0 aliphatic heterocycles. The molecule has 0 spiro atoms. The first-order valence-electron chi connectivity index (χ1n) is 10.3. The fraction of sp³-hybridized carbons (Fsp3) is 0. The Kier molecular flexibility index (Phi) is 6.04. The van der Waals surface area contributed by atoms with Crippen molar-refractivity contribution in [3.63, 3.8) is 0 Å². The van der Waals surface area contributed by atoms with Gasteiger partial charge >= 0.3 is 5.63 Å². The number of hydrogen-bond donors (Lipinski definition) is 2. The van der Waals surface area contributed by atoms with Crippen LogP contribution in [0, 0.1) is 0 Å². The van der Waals surface area contributed by atoms with E-state index in [-0.39, 0.29) is 17.0 Å². The number of para-hydroxylation sites is 1. The number of fused-ring (bicyclic) bond motifs is 2. The van der Waals surface area contributed by atoms with Gasteiger partial charge in [0.25, 0.3) is 17.2 Å². The maximum atomic E-state index is 13.0. The number of nitrogens with zero attached hydrogens (tertiary/aromatic N) is 2. The zero-order valence-corrected chi connectivity index (χ0v) is 19.4. The fourth-order valence-electron chi connectivity index (χ4n) is 3.79. The highest BCUT2D eigenvalue weighted by molar-refractivity contribution is 7.81. The van der Waals surface area contributed by atoms with Gasteiger partial charge in [-0.05, 0) is 35.7 Å². The lowest BCUT2D eigenvalue weighted by atomic mass is 10.1. The minimum absolute atomic E-state index is 0.112. The highest BCUT2D eigenvalue weighted by atomic mass is 35.5. The summed E-state index contributed by atoms with van der Waals surface area (Å²) in [6, 6.07) is 21.4. The van der Waals surface area contributed by atoms with Gasteiger partial charge in [0.2, 0.25) is 0 Å². The number of amides is 1. The number of rotatable bonds is 5. The molecule has 0 saturated carbocycles. The fourth-order valence-corrected chi connectivity index (χ4v) is 4.59. The van der Waals surface area contributed by atoms with Crippen LogP contribution in [0.2, 0.25) is 5.02 Å². The SMILES string of the molecule is O=C(Nc1ccnc(N(c2cc(Cl)cc3ccccc23)S(=O)O)c1)c1cccc2ccc(=O)oc12. The molecule has 1 atom stereocenters. The second kappa shape index (κ2) is 9.30. The van der Waals surface area contributed by atoms with Crippen LogP contribution in [0.1, 0.15) is 10.4 Å². The Balaban J connectivity index is 1.54. The molecule has 0 aliphatic rings. The third-order valence-corrected chi connectivity index (χ3v) is 6.20. The normalized spacial score (nSPS) is 11.9. The van der Waals surface area contributed by atoms with E-state index in [0.717, 1.165) is 9.69 Å². The highest BCUT2D eigenvalue weighted by Crippen LogP contribution is 2.36. The van der Waals surface area contributed by atoms with E-state index in [1.807, 2.05) is 18.2 Å². The van der Waals surface area contributed by atoms with Gasteiger partial charge in [-0.2, -0.15) is 0 Å². The van der Waals surface area contributed by atoms with Gasteiger partial charge in [-0.3, -0.25) is 9.35 Å². The van der Waals surface area contributed by atoms with Crippen molar-refractivity contribution in [2.24, 2.45) is 0 Å². The Morgan fingerprint density at radius 1 is 1.00 bits per heavy atom. The first kappa shape index (κ1) is 22.7. The number of carbonyl (C=O) groups excluding carboxylic acids is 1. The summed E-state index contributed by atoms with van der Waals surface area (Å²) >= 11 is 3.77. The molecule has 10 heteroatoms. The van der Waals surface area contributed by atoms with Crippen LogP contribution in [-0.2, 0) is 11.3 Å². The molecule has 0 fully saturated rings. The van der Waals surface area contributed by atoms with Crippen LogP contribution >= 0.6 is 11.6 Å². The van der Waals surface area contributed by atoms with Gasteiger partial charge in [0.05, 0.1) is 11.3 Å². The van der Waals surface area contributed by atoms with Gasteiger partial charge in [-0.15, -0.1) is 0 Å². The summed E-state index contributed by atoms with van der Waals surface area (Å²) in [6.45, 7) is 0. The van der Waals surface area contributed by atoms with Crippen LogP contribution in [0.3, 0.4) is 0 Å². The van der Waals surface area contributed by atoms with Crippen molar-refractivity contribution < 1.29 is 18.0 Å². The van der Waals surface area contributed by atoms with E-state index in [1.54, 1.807) is 36.4 Å². The van der Waals surface area contributed by atoms with E-state index >= 15 is 0 Å². The summed E-state index contributed by atoms with van der Waals surface area (Å²) < 4.78 is 28.9. The highest BCUT2D eigenvalue weighted by Gasteiger charge is 2.21. The van der Waals surface area contributed by atoms with Crippen molar-refractivity contribution >= 4 is 67.7 Å². The lowest BCUT2D eigenvalue weighted by molar-refractivity contribution is 0.102. The Morgan fingerprint density at radius 2 is 1.80 bits per heavy atom. The number of anilines is 3. The van der Waals surface area contributed by atoms with Gasteiger partial charge in [-0.25, -0.2) is 18.3 Å². The smallest absolute Gasteiger partial charge is 0.336 e. The largest absolute Gasteiger partial charge is 0.422 e. The second-order valence-corrected chi connectivity index (χ2v) is 8.77. The van der Waals surface area contributed by atoms with Gasteiger partial charge < -0.3 is 9.73 Å². The summed E-state index contributed by atoms with van der Waals surface area (Å²) in [4.78, 5) is 28.9. The van der Waals surface area contributed by atoms with Gasteiger partial charge in [0.1, 0.15) is 5.82 Å². The molecule has 5 aromatic rings. The molecular weight excluding hydrogens is 490 g/mol. The third-order valence-electron chi connectivity index (χ3n) is 5.28. The Morgan fingerprint density at radius 3 is 2.63 bits per heavy atom. The lowest BCUT2D eigenvalue weighted by Gasteiger charge is -2.21. The van der Waals surface area contributed by atoms with Crippen LogP contribution in [0.25, 0.3) is 21.7 Å². The molecule has 0 bridgehead atoms. The van der Waals surface area contributed by atoms with Crippen molar-refractivity contribution in [2.45, 2.75) is 0 Å². The molecule has 174 valence electrons. The van der Waals surface area contributed by atoms with Crippen molar-refractivity contribution in [3.05, 3.63) is 106 Å². The quantitative estimate of drug-likeness (QED) is 0.240. The summed E-state index contributed by atoms with van der Waals surface area (Å²) in [5.41, 5.74) is 0.453. The zero-order chi connectivity index (χ0) is 24.5. The van der Waals surface area contributed by atoms with E-state index < -0.39 is 22.8 Å². The minimum Gasteiger partial charge on any atom is -0.422 e. The van der Waals surface area contributed by atoms with Crippen molar-refractivity contribution in [2.75, 3.05) is 9.62 Å². The molecule has 1 amide bonds. The molecule has 0 saturated heterocycles. The number of halogens is 1. The zero-order valence-electron chi connectivity index (χ0n) is 17.8. The topological polar surface area (TPSA) is 113 Å².